The highest BCUT2D eigenvalue weighted by atomic mass is 16.4. The van der Waals surface area contributed by atoms with Gasteiger partial charge in [0, 0.05) is 19.6 Å². The molecule has 5 nitrogen and oxygen atoms in total. The van der Waals surface area contributed by atoms with Crippen LogP contribution in [0.1, 0.15) is 33.1 Å². The minimum atomic E-state index is -0.813. The van der Waals surface area contributed by atoms with Gasteiger partial charge in [0.05, 0.1) is 5.92 Å². The molecule has 2 N–H and O–H groups in total. The van der Waals surface area contributed by atoms with Crippen LogP contribution in [0.2, 0.25) is 0 Å². The zero-order valence-corrected chi connectivity index (χ0v) is 10.6. The number of nitrogens with zero attached hydrogens (tertiary/aromatic N) is 1. The molecule has 0 spiro atoms. The van der Waals surface area contributed by atoms with Crippen LogP contribution in [0.15, 0.2) is 0 Å². The number of aliphatic carboxylic acids is 1. The number of carboxylic acids is 1. The molecule has 5 heteroatoms. The molecule has 0 aromatic rings. The second kappa shape index (κ2) is 6.47. The van der Waals surface area contributed by atoms with Crippen molar-refractivity contribution in [2.45, 2.75) is 33.1 Å². The second-order valence-electron chi connectivity index (χ2n) is 4.77. The normalized spacial score (nSPS) is 21.3. The second-order valence-corrected chi connectivity index (χ2v) is 4.77. The Morgan fingerprint density at radius 1 is 1.53 bits per heavy atom. The molecule has 98 valence electrons. The number of rotatable bonds is 5. The average molecular weight is 242 g/mol. The lowest BCUT2D eigenvalue weighted by Crippen LogP contribution is -2.39. The molecule has 0 radical (unpaired) electrons. The van der Waals surface area contributed by atoms with Crippen LogP contribution in [0.5, 0.6) is 0 Å². The number of hydrogen-bond donors (Lipinski definition) is 2. The minimum Gasteiger partial charge on any atom is -0.481 e. The Kier molecular flexibility index (Phi) is 5.25. The van der Waals surface area contributed by atoms with Gasteiger partial charge in [0.15, 0.2) is 0 Å². The molecular formula is C12H22N2O3. The summed E-state index contributed by atoms with van der Waals surface area (Å²) < 4.78 is 0. The van der Waals surface area contributed by atoms with Gasteiger partial charge in [-0.1, -0.05) is 20.3 Å². The number of amides is 2. The quantitative estimate of drug-likeness (QED) is 0.768. The van der Waals surface area contributed by atoms with Crippen LogP contribution in [-0.2, 0) is 4.79 Å². The molecule has 0 aromatic heterocycles. The maximum absolute atomic E-state index is 11.7. The van der Waals surface area contributed by atoms with Crippen LogP contribution in [0, 0.1) is 11.8 Å². The summed E-state index contributed by atoms with van der Waals surface area (Å²) in [5.74, 6) is -0.595. The number of urea groups is 1. The van der Waals surface area contributed by atoms with Gasteiger partial charge in [0.25, 0.3) is 0 Å². The van der Waals surface area contributed by atoms with Crippen LogP contribution in [-0.4, -0.2) is 41.6 Å². The van der Waals surface area contributed by atoms with Gasteiger partial charge in [-0.2, -0.15) is 0 Å². The van der Waals surface area contributed by atoms with Gasteiger partial charge in [0.2, 0.25) is 0 Å². The van der Waals surface area contributed by atoms with Crippen molar-refractivity contribution in [2.75, 3.05) is 19.6 Å². The maximum Gasteiger partial charge on any atom is 0.317 e. The minimum absolute atomic E-state index is 0.0569. The number of carbonyl (C=O) groups is 2. The molecule has 2 unspecified atom stereocenters. The van der Waals surface area contributed by atoms with Crippen molar-refractivity contribution in [2.24, 2.45) is 11.8 Å². The largest absolute Gasteiger partial charge is 0.481 e. The van der Waals surface area contributed by atoms with Gasteiger partial charge in [-0.05, 0) is 18.8 Å². The predicted octanol–water partition coefficient (Wildman–Crippen LogP) is 1.54. The third-order valence-corrected chi connectivity index (χ3v) is 3.43. The van der Waals surface area contributed by atoms with Crippen molar-refractivity contribution in [3.05, 3.63) is 0 Å². The fraction of sp³-hybridized carbons (Fsp3) is 0.833. The van der Waals surface area contributed by atoms with E-state index < -0.39 is 11.9 Å². The van der Waals surface area contributed by atoms with Crippen LogP contribution in [0.25, 0.3) is 0 Å². The van der Waals surface area contributed by atoms with E-state index in [2.05, 4.69) is 12.2 Å². The Morgan fingerprint density at radius 3 is 2.76 bits per heavy atom. The van der Waals surface area contributed by atoms with E-state index in [1.54, 1.807) is 6.92 Å². The van der Waals surface area contributed by atoms with Crippen LogP contribution in [0.3, 0.4) is 0 Å². The van der Waals surface area contributed by atoms with Gasteiger partial charge in [-0.25, -0.2) is 4.79 Å². The first-order valence-corrected chi connectivity index (χ1v) is 6.30. The molecule has 1 rings (SSSR count). The molecule has 0 aromatic carbocycles. The lowest BCUT2D eigenvalue weighted by atomic mass is 10.1. The highest BCUT2D eigenvalue weighted by Crippen LogP contribution is 2.18. The molecule has 17 heavy (non-hydrogen) atoms. The lowest BCUT2D eigenvalue weighted by Gasteiger charge is -2.17. The summed E-state index contributed by atoms with van der Waals surface area (Å²) in [7, 11) is 0. The van der Waals surface area contributed by atoms with Crippen molar-refractivity contribution in [3.63, 3.8) is 0 Å². The van der Waals surface area contributed by atoms with E-state index in [9.17, 15) is 9.59 Å². The number of nitrogens with one attached hydrogen (secondary N) is 1. The molecule has 0 aliphatic carbocycles. The monoisotopic (exact) mass is 242 g/mol. The smallest absolute Gasteiger partial charge is 0.317 e. The summed E-state index contributed by atoms with van der Waals surface area (Å²) >= 11 is 0. The average Bonchev–Trinajstić information content (AvgIpc) is 2.77. The SMILES string of the molecule is CCC1CCN(C(=O)NCCC(C)C(=O)O)C1. The van der Waals surface area contributed by atoms with Gasteiger partial charge in [-0.3, -0.25) is 4.79 Å². The summed E-state index contributed by atoms with van der Waals surface area (Å²) in [5, 5.41) is 11.5. The van der Waals surface area contributed by atoms with Gasteiger partial charge in [0.1, 0.15) is 0 Å². The molecule has 2 atom stereocenters. The molecule has 2 amide bonds. The van der Waals surface area contributed by atoms with E-state index in [1.165, 1.54) is 0 Å². The maximum atomic E-state index is 11.7. The Hall–Kier alpha value is -1.26. The molecule has 1 fully saturated rings. The zero-order chi connectivity index (χ0) is 12.8. The van der Waals surface area contributed by atoms with E-state index in [0.29, 0.717) is 18.9 Å². The summed E-state index contributed by atoms with van der Waals surface area (Å²) in [6.45, 7) is 5.87. The molecule has 1 saturated heterocycles. The Balaban J connectivity index is 2.20. The van der Waals surface area contributed by atoms with Crippen LogP contribution >= 0.6 is 0 Å². The van der Waals surface area contributed by atoms with Crippen molar-refractivity contribution >= 4 is 12.0 Å². The number of carboxylic acid groups (broad SMARTS) is 1. The van der Waals surface area contributed by atoms with Crippen LogP contribution in [0.4, 0.5) is 4.79 Å². The first-order valence-electron chi connectivity index (χ1n) is 6.30. The Bertz CT molecular complexity index is 281. The fourth-order valence-corrected chi connectivity index (χ4v) is 1.98. The molecule has 0 bridgehead atoms. The summed E-state index contributed by atoms with van der Waals surface area (Å²) in [6, 6.07) is -0.0569. The number of carbonyl (C=O) groups excluding carboxylic acids is 1. The third-order valence-electron chi connectivity index (χ3n) is 3.43. The Morgan fingerprint density at radius 2 is 2.24 bits per heavy atom. The standard InChI is InChI=1S/C12H22N2O3/c1-3-10-5-7-14(8-10)12(17)13-6-4-9(2)11(15)16/h9-10H,3-8H2,1-2H3,(H,13,17)(H,15,16). The van der Waals surface area contributed by atoms with Crippen molar-refractivity contribution < 1.29 is 14.7 Å². The molecular weight excluding hydrogens is 220 g/mol. The first kappa shape index (κ1) is 13.8. The third kappa shape index (κ3) is 4.24. The predicted molar refractivity (Wildman–Crippen MR) is 64.8 cm³/mol. The van der Waals surface area contributed by atoms with E-state index in [1.807, 2.05) is 4.90 Å². The topological polar surface area (TPSA) is 69.6 Å². The van der Waals surface area contributed by atoms with E-state index in [4.69, 9.17) is 5.11 Å². The van der Waals surface area contributed by atoms with Crippen LogP contribution < -0.4 is 5.32 Å². The highest BCUT2D eigenvalue weighted by molar-refractivity contribution is 5.74. The Labute approximate surface area is 102 Å². The van der Waals surface area contributed by atoms with Crippen molar-refractivity contribution in [3.8, 4) is 0 Å². The van der Waals surface area contributed by atoms with Gasteiger partial charge >= 0.3 is 12.0 Å². The van der Waals surface area contributed by atoms with Gasteiger partial charge in [-0.15, -0.1) is 0 Å². The highest BCUT2D eigenvalue weighted by Gasteiger charge is 2.24. The zero-order valence-electron chi connectivity index (χ0n) is 10.6. The molecule has 1 aliphatic heterocycles. The summed E-state index contributed by atoms with van der Waals surface area (Å²) in [6.07, 6.45) is 2.67. The van der Waals surface area contributed by atoms with E-state index >= 15 is 0 Å². The van der Waals surface area contributed by atoms with E-state index in [0.717, 1.165) is 25.9 Å². The number of likely N-dealkylation sites (tertiary alicyclic amines) is 1. The number of hydrogen-bond acceptors (Lipinski definition) is 2. The molecule has 1 aliphatic rings. The fourth-order valence-electron chi connectivity index (χ4n) is 1.98. The van der Waals surface area contributed by atoms with Crippen molar-refractivity contribution in [1.82, 2.24) is 10.2 Å². The summed E-state index contributed by atoms with van der Waals surface area (Å²) in [5.41, 5.74) is 0. The van der Waals surface area contributed by atoms with E-state index in [-0.39, 0.29) is 6.03 Å². The molecule has 1 heterocycles. The van der Waals surface area contributed by atoms with Crippen molar-refractivity contribution in [1.29, 1.82) is 0 Å². The lowest BCUT2D eigenvalue weighted by molar-refractivity contribution is -0.141. The van der Waals surface area contributed by atoms with Gasteiger partial charge < -0.3 is 15.3 Å². The molecule has 0 saturated carbocycles. The summed E-state index contributed by atoms with van der Waals surface area (Å²) in [4.78, 5) is 24.1. The first-order chi connectivity index (χ1) is 8.04.